The second-order valence-electron chi connectivity index (χ2n) is 8.11. The summed E-state index contributed by atoms with van der Waals surface area (Å²) in [7, 11) is 0. The summed E-state index contributed by atoms with van der Waals surface area (Å²) >= 11 is 5.86. The first-order valence-electron chi connectivity index (χ1n) is 9.60. The van der Waals surface area contributed by atoms with Crippen LogP contribution in [0.1, 0.15) is 92.4 Å². The van der Waals surface area contributed by atoms with Gasteiger partial charge in [-0.05, 0) is 30.1 Å². The second-order valence-corrected chi connectivity index (χ2v) is 8.58. The molecule has 0 spiro atoms. The van der Waals surface area contributed by atoms with E-state index < -0.39 is 11.3 Å². The molecule has 0 saturated carbocycles. The molecule has 0 fully saturated rings. The van der Waals surface area contributed by atoms with Crippen LogP contribution in [0.25, 0.3) is 0 Å². The van der Waals surface area contributed by atoms with Crippen molar-refractivity contribution in [3.63, 3.8) is 0 Å². The molecule has 0 amide bonds. The molecular weight excluding hydrogens is 308 g/mol. The van der Waals surface area contributed by atoms with Gasteiger partial charge in [0.15, 0.2) is 0 Å². The Morgan fingerprint density at radius 1 is 0.783 bits per heavy atom. The fraction of sp³-hybridized carbons (Fsp3) is 0.950. The number of hydrogen-bond donors (Lipinski definition) is 1. The van der Waals surface area contributed by atoms with Gasteiger partial charge in [0.25, 0.3) is 0 Å². The first kappa shape index (κ1) is 22.8. The zero-order chi connectivity index (χ0) is 17.8. The normalized spacial score (nSPS) is 17.0. The van der Waals surface area contributed by atoms with Crippen molar-refractivity contribution >= 4 is 17.6 Å². The van der Waals surface area contributed by atoms with Gasteiger partial charge >= 0.3 is 5.97 Å². The Morgan fingerprint density at radius 3 is 1.57 bits per heavy atom. The predicted molar refractivity (Wildman–Crippen MR) is 101 cm³/mol. The summed E-state index contributed by atoms with van der Waals surface area (Å²) in [5, 5.41) is 8.15. The van der Waals surface area contributed by atoms with Gasteiger partial charge in [-0.15, -0.1) is 11.6 Å². The molecule has 0 aromatic carbocycles. The molecule has 4 unspecified atom stereocenters. The molecule has 0 aromatic rings. The van der Waals surface area contributed by atoms with Crippen LogP contribution in [0.2, 0.25) is 0 Å². The Morgan fingerprint density at radius 2 is 1.17 bits per heavy atom. The Balaban J connectivity index is 3.63. The van der Waals surface area contributed by atoms with Gasteiger partial charge in [-0.1, -0.05) is 86.0 Å². The summed E-state index contributed by atoms with van der Waals surface area (Å²) in [5.41, 5.74) is 0. The quantitative estimate of drug-likeness (QED) is 0.353. The molecule has 0 heterocycles. The lowest BCUT2D eigenvalue weighted by Crippen LogP contribution is -2.21. The summed E-state index contributed by atoms with van der Waals surface area (Å²) in [6.07, 6.45) is 11.3. The van der Waals surface area contributed by atoms with Crippen molar-refractivity contribution < 1.29 is 9.90 Å². The largest absolute Gasteiger partial charge is 0.480 e. The van der Waals surface area contributed by atoms with Crippen molar-refractivity contribution in [2.24, 2.45) is 23.7 Å². The molecule has 138 valence electrons. The maximum absolute atomic E-state index is 10.8. The molecule has 0 rings (SSSR count). The van der Waals surface area contributed by atoms with E-state index in [0.29, 0.717) is 0 Å². The van der Waals surface area contributed by atoms with E-state index >= 15 is 0 Å². The molecule has 0 saturated heterocycles. The van der Waals surface area contributed by atoms with E-state index in [1.165, 1.54) is 44.9 Å². The SMILES string of the molecule is CC(C)CCCC(C)CCCC(C)CCCC(C)C(Cl)C(=O)O. The molecule has 0 radical (unpaired) electrons. The van der Waals surface area contributed by atoms with Crippen LogP contribution in [-0.2, 0) is 4.79 Å². The van der Waals surface area contributed by atoms with Crippen LogP contribution in [0, 0.1) is 23.7 Å². The van der Waals surface area contributed by atoms with Crippen LogP contribution in [0.5, 0.6) is 0 Å². The molecule has 2 nitrogen and oxygen atoms in total. The highest BCUT2D eigenvalue weighted by atomic mass is 35.5. The van der Waals surface area contributed by atoms with Crippen molar-refractivity contribution in [2.45, 2.75) is 97.8 Å². The number of aliphatic carboxylic acids is 1. The van der Waals surface area contributed by atoms with E-state index in [0.717, 1.165) is 30.6 Å². The van der Waals surface area contributed by atoms with Gasteiger partial charge in [0.05, 0.1) is 0 Å². The summed E-state index contributed by atoms with van der Waals surface area (Å²) in [6.45, 7) is 11.3. The summed E-state index contributed by atoms with van der Waals surface area (Å²) in [5.74, 6) is 1.59. The Labute approximate surface area is 149 Å². The molecule has 0 aliphatic heterocycles. The van der Waals surface area contributed by atoms with Crippen LogP contribution in [0.3, 0.4) is 0 Å². The van der Waals surface area contributed by atoms with Crippen LogP contribution >= 0.6 is 11.6 Å². The van der Waals surface area contributed by atoms with Crippen LogP contribution < -0.4 is 0 Å². The Hall–Kier alpha value is -0.240. The molecular formula is C20H39ClO2. The monoisotopic (exact) mass is 346 g/mol. The van der Waals surface area contributed by atoms with Crippen LogP contribution in [-0.4, -0.2) is 16.5 Å². The van der Waals surface area contributed by atoms with Gasteiger partial charge in [-0.2, -0.15) is 0 Å². The number of carbonyl (C=O) groups is 1. The predicted octanol–water partition coefficient (Wildman–Crippen LogP) is 6.75. The standard InChI is InChI=1S/C20H39ClO2/c1-15(2)9-6-10-16(3)11-7-12-17(4)13-8-14-18(5)19(21)20(22)23/h15-19H,6-14H2,1-5H3,(H,22,23). The fourth-order valence-electron chi connectivity index (χ4n) is 3.16. The highest BCUT2D eigenvalue weighted by Crippen LogP contribution is 2.23. The Kier molecular flexibility index (Phi) is 13.0. The number of carboxylic acid groups (broad SMARTS) is 1. The minimum atomic E-state index is -0.890. The third-order valence-electron chi connectivity index (χ3n) is 4.96. The van der Waals surface area contributed by atoms with Crippen molar-refractivity contribution in [1.29, 1.82) is 0 Å². The van der Waals surface area contributed by atoms with Crippen molar-refractivity contribution in [2.75, 3.05) is 0 Å². The topological polar surface area (TPSA) is 37.3 Å². The maximum Gasteiger partial charge on any atom is 0.321 e. The third-order valence-corrected chi connectivity index (χ3v) is 5.58. The van der Waals surface area contributed by atoms with Gasteiger partial charge in [-0.3, -0.25) is 4.79 Å². The molecule has 0 aliphatic rings. The highest BCUT2D eigenvalue weighted by Gasteiger charge is 2.21. The van der Waals surface area contributed by atoms with Crippen LogP contribution in [0.4, 0.5) is 0 Å². The van der Waals surface area contributed by atoms with Gasteiger partial charge in [0, 0.05) is 0 Å². The van der Waals surface area contributed by atoms with Crippen molar-refractivity contribution in [3.8, 4) is 0 Å². The Bertz CT molecular complexity index is 304. The number of rotatable bonds is 14. The zero-order valence-electron chi connectivity index (χ0n) is 16.0. The minimum Gasteiger partial charge on any atom is -0.480 e. The van der Waals surface area contributed by atoms with Gasteiger partial charge in [0.2, 0.25) is 0 Å². The van der Waals surface area contributed by atoms with Gasteiger partial charge in [-0.25, -0.2) is 0 Å². The van der Waals surface area contributed by atoms with Crippen molar-refractivity contribution in [1.82, 2.24) is 0 Å². The number of halogens is 1. The molecule has 1 N–H and O–H groups in total. The maximum atomic E-state index is 10.8. The van der Waals surface area contributed by atoms with Crippen LogP contribution in [0.15, 0.2) is 0 Å². The molecule has 3 heteroatoms. The van der Waals surface area contributed by atoms with Gasteiger partial charge < -0.3 is 5.11 Å². The summed E-state index contributed by atoms with van der Waals surface area (Å²) in [4.78, 5) is 10.8. The molecule has 0 aromatic heterocycles. The summed E-state index contributed by atoms with van der Waals surface area (Å²) in [6, 6.07) is 0. The summed E-state index contributed by atoms with van der Waals surface area (Å²) < 4.78 is 0. The van der Waals surface area contributed by atoms with E-state index in [9.17, 15) is 4.79 Å². The average Bonchev–Trinajstić information content (AvgIpc) is 2.45. The molecule has 4 atom stereocenters. The lowest BCUT2D eigenvalue weighted by molar-refractivity contribution is -0.137. The highest BCUT2D eigenvalue weighted by molar-refractivity contribution is 6.29. The number of hydrogen-bond acceptors (Lipinski definition) is 1. The third kappa shape index (κ3) is 12.8. The second kappa shape index (κ2) is 13.1. The lowest BCUT2D eigenvalue weighted by atomic mass is 9.90. The van der Waals surface area contributed by atoms with E-state index in [4.69, 9.17) is 16.7 Å². The zero-order valence-corrected chi connectivity index (χ0v) is 16.7. The smallest absolute Gasteiger partial charge is 0.321 e. The first-order valence-corrected chi connectivity index (χ1v) is 10.0. The van der Waals surface area contributed by atoms with E-state index in [1.807, 2.05) is 6.92 Å². The van der Waals surface area contributed by atoms with Crippen molar-refractivity contribution in [3.05, 3.63) is 0 Å². The molecule has 0 aliphatic carbocycles. The first-order chi connectivity index (χ1) is 10.7. The molecule has 23 heavy (non-hydrogen) atoms. The number of alkyl halides is 1. The number of carboxylic acids is 1. The van der Waals surface area contributed by atoms with E-state index in [1.54, 1.807) is 0 Å². The van der Waals surface area contributed by atoms with E-state index in [2.05, 4.69) is 27.7 Å². The lowest BCUT2D eigenvalue weighted by Gasteiger charge is -2.17. The average molecular weight is 347 g/mol. The minimum absolute atomic E-state index is 0.0577. The molecule has 0 bridgehead atoms. The van der Waals surface area contributed by atoms with Gasteiger partial charge in [0.1, 0.15) is 5.38 Å². The van der Waals surface area contributed by atoms with E-state index in [-0.39, 0.29) is 5.92 Å². The fourth-order valence-corrected chi connectivity index (χ4v) is 3.28.